The van der Waals surface area contributed by atoms with E-state index in [1.165, 1.54) is 4.90 Å². The molecule has 7 heteroatoms. The molecule has 1 saturated carbocycles. The molecule has 2 N–H and O–H groups in total. The summed E-state index contributed by atoms with van der Waals surface area (Å²) in [6.07, 6.45) is 3.96. The smallest absolute Gasteiger partial charge is 0.407 e. The first-order chi connectivity index (χ1) is 16.9. The summed E-state index contributed by atoms with van der Waals surface area (Å²) in [7, 11) is 0. The first-order valence-corrected chi connectivity index (χ1v) is 12.6. The molecule has 1 heterocycles. The largest absolute Gasteiger partial charge is 0.480 e. The van der Waals surface area contributed by atoms with E-state index in [-0.39, 0.29) is 24.3 Å². The van der Waals surface area contributed by atoms with Crippen LogP contribution in [0.25, 0.3) is 11.1 Å². The summed E-state index contributed by atoms with van der Waals surface area (Å²) in [5.74, 6) is -1.38. The van der Waals surface area contributed by atoms with Crippen LogP contribution in [0, 0.1) is 5.92 Å². The van der Waals surface area contributed by atoms with Crippen molar-refractivity contribution in [2.75, 3.05) is 13.2 Å². The molecule has 2 aromatic rings. The molecular weight excluding hydrogens is 444 g/mol. The number of hydrogen-bond acceptors (Lipinski definition) is 4. The van der Waals surface area contributed by atoms with E-state index in [1.807, 2.05) is 24.3 Å². The third-order valence-corrected chi connectivity index (χ3v) is 8.12. The summed E-state index contributed by atoms with van der Waals surface area (Å²) in [6, 6.07) is 15.5. The highest BCUT2D eigenvalue weighted by atomic mass is 16.5. The van der Waals surface area contributed by atoms with Crippen molar-refractivity contribution >= 4 is 18.0 Å². The maximum atomic E-state index is 13.6. The van der Waals surface area contributed by atoms with Crippen molar-refractivity contribution in [3.63, 3.8) is 0 Å². The van der Waals surface area contributed by atoms with Gasteiger partial charge in [-0.3, -0.25) is 4.79 Å². The lowest BCUT2D eigenvalue weighted by molar-refractivity contribution is -0.162. The van der Waals surface area contributed by atoms with Crippen molar-refractivity contribution in [1.29, 1.82) is 0 Å². The SMILES string of the molecule is CC1(C(=O)O)CCCCN1C(=O)C(NC(=O)OCC1c2ccccc2-c2ccccc21)C1CCC1. The average Bonchev–Trinajstić information content (AvgIpc) is 3.15. The Bertz CT molecular complexity index is 1100. The first-order valence-electron chi connectivity index (χ1n) is 12.6. The predicted molar refractivity (Wildman–Crippen MR) is 131 cm³/mol. The van der Waals surface area contributed by atoms with Gasteiger partial charge < -0.3 is 20.1 Å². The Balaban J connectivity index is 1.30. The van der Waals surface area contributed by atoms with Gasteiger partial charge >= 0.3 is 12.1 Å². The van der Waals surface area contributed by atoms with Crippen LogP contribution in [0.4, 0.5) is 4.79 Å². The minimum Gasteiger partial charge on any atom is -0.480 e. The molecule has 2 atom stereocenters. The second-order valence-corrected chi connectivity index (χ2v) is 10.2. The molecule has 2 unspecified atom stereocenters. The number of likely N-dealkylation sites (tertiary alicyclic amines) is 1. The molecule has 5 rings (SSSR count). The van der Waals surface area contributed by atoms with Gasteiger partial charge in [-0.1, -0.05) is 55.0 Å². The lowest BCUT2D eigenvalue weighted by Gasteiger charge is -2.45. The molecule has 184 valence electrons. The van der Waals surface area contributed by atoms with Gasteiger partial charge in [0.15, 0.2) is 0 Å². The van der Waals surface area contributed by atoms with Crippen molar-refractivity contribution in [1.82, 2.24) is 10.2 Å². The van der Waals surface area contributed by atoms with Crippen LogP contribution < -0.4 is 5.32 Å². The number of carboxylic acids is 1. The number of alkyl carbamates (subject to hydrolysis) is 1. The molecule has 0 aromatic heterocycles. The van der Waals surface area contributed by atoms with E-state index in [1.54, 1.807) is 6.92 Å². The van der Waals surface area contributed by atoms with E-state index in [2.05, 4.69) is 29.6 Å². The Morgan fingerprint density at radius 1 is 1.03 bits per heavy atom. The van der Waals surface area contributed by atoms with Crippen molar-refractivity contribution in [3.8, 4) is 11.1 Å². The fourth-order valence-electron chi connectivity index (χ4n) is 5.79. The number of carboxylic acid groups (broad SMARTS) is 1. The zero-order chi connectivity index (χ0) is 24.6. The van der Waals surface area contributed by atoms with E-state index in [9.17, 15) is 19.5 Å². The van der Waals surface area contributed by atoms with Crippen LogP contribution in [0.1, 0.15) is 62.5 Å². The molecule has 0 bridgehead atoms. The van der Waals surface area contributed by atoms with Gasteiger partial charge in [0.25, 0.3) is 0 Å². The number of carbonyl (C=O) groups excluding carboxylic acids is 2. The molecule has 1 aliphatic heterocycles. The lowest BCUT2D eigenvalue weighted by Crippen LogP contribution is -2.63. The number of nitrogens with one attached hydrogen (secondary N) is 1. The standard InChI is InChI=1S/C28H32N2O5/c1-28(26(32)33)15-6-7-16-30(28)25(31)24(18-9-8-10-18)29-27(34)35-17-23-21-13-4-2-11-19(21)20-12-3-5-14-22(20)23/h2-5,11-14,18,23-24H,6-10,15-17H2,1H3,(H,29,34)(H,32,33). The van der Waals surface area contributed by atoms with Gasteiger partial charge in [0.1, 0.15) is 18.2 Å². The molecule has 35 heavy (non-hydrogen) atoms. The highest BCUT2D eigenvalue weighted by molar-refractivity contribution is 5.91. The number of rotatable bonds is 6. The summed E-state index contributed by atoms with van der Waals surface area (Å²) in [5, 5.41) is 12.7. The van der Waals surface area contributed by atoms with Crippen LogP contribution in [0.3, 0.4) is 0 Å². The number of nitrogens with zero attached hydrogens (tertiary/aromatic N) is 1. The summed E-state index contributed by atoms with van der Waals surface area (Å²) >= 11 is 0. The van der Waals surface area contributed by atoms with E-state index < -0.39 is 23.6 Å². The third-order valence-electron chi connectivity index (χ3n) is 8.12. The summed E-state index contributed by atoms with van der Waals surface area (Å²) < 4.78 is 5.69. The second-order valence-electron chi connectivity index (χ2n) is 10.2. The Morgan fingerprint density at radius 3 is 2.23 bits per heavy atom. The quantitative estimate of drug-likeness (QED) is 0.638. The van der Waals surface area contributed by atoms with Crippen LogP contribution >= 0.6 is 0 Å². The average molecular weight is 477 g/mol. The molecule has 0 spiro atoms. The third kappa shape index (κ3) is 4.17. The maximum Gasteiger partial charge on any atom is 0.407 e. The Hall–Kier alpha value is -3.35. The maximum absolute atomic E-state index is 13.6. The molecule has 2 aromatic carbocycles. The second kappa shape index (κ2) is 9.36. The Morgan fingerprint density at radius 2 is 1.66 bits per heavy atom. The van der Waals surface area contributed by atoms with E-state index in [0.717, 1.165) is 54.4 Å². The van der Waals surface area contributed by atoms with Crippen LogP contribution in [0.5, 0.6) is 0 Å². The predicted octanol–water partition coefficient (Wildman–Crippen LogP) is 4.55. The highest BCUT2D eigenvalue weighted by Gasteiger charge is 2.48. The van der Waals surface area contributed by atoms with Gasteiger partial charge in [-0.05, 0) is 67.2 Å². The van der Waals surface area contributed by atoms with Gasteiger partial charge in [0, 0.05) is 12.5 Å². The Labute approximate surface area is 205 Å². The van der Waals surface area contributed by atoms with E-state index in [0.29, 0.717) is 13.0 Å². The minimum atomic E-state index is -1.25. The first kappa shape index (κ1) is 23.4. The van der Waals surface area contributed by atoms with Crippen molar-refractivity contribution < 1.29 is 24.2 Å². The number of ether oxygens (including phenoxy) is 1. The van der Waals surface area contributed by atoms with Crippen LogP contribution in [0.15, 0.2) is 48.5 Å². The normalized spacial score (nSPS) is 22.5. The van der Waals surface area contributed by atoms with Gasteiger partial charge in [-0.2, -0.15) is 0 Å². The summed E-state index contributed by atoms with van der Waals surface area (Å²) in [5.41, 5.74) is 3.30. The van der Waals surface area contributed by atoms with Crippen molar-refractivity contribution in [2.45, 2.75) is 62.9 Å². The van der Waals surface area contributed by atoms with Gasteiger partial charge in [0.05, 0.1) is 0 Å². The monoisotopic (exact) mass is 476 g/mol. The molecule has 2 aliphatic carbocycles. The number of fused-ring (bicyclic) bond motifs is 3. The van der Waals surface area contributed by atoms with E-state index in [4.69, 9.17) is 4.74 Å². The number of aliphatic carboxylic acids is 1. The van der Waals surface area contributed by atoms with Gasteiger partial charge in [0.2, 0.25) is 5.91 Å². The minimum absolute atomic E-state index is 0.00274. The fourth-order valence-corrected chi connectivity index (χ4v) is 5.79. The van der Waals surface area contributed by atoms with Gasteiger partial charge in [-0.25, -0.2) is 9.59 Å². The number of carbonyl (C=O) groups is 3. The van der Waals surface area contributed by atoms with Crippen LogP contribution in [-0.4, -0.2) is 52.7 Å². The van der Waals surface area contributed by atoms with Gasteiger partial charge in [-0.15, -0.1) is 0 Å². The number of amides is 2. The van der Waals surface area contributed by atoms with Crippen molar-refractivity contribution in [2.24, 2.45) is 5.92 Å². The lowest BCUT2D eigenvalue weighted by atomic mass is 9.78. The Kier molecular flexibility index (Phi) is 6.26. The molecule has 2 fully saturated rings. The molecule has 3 aliphatic rings. The zero-order valence-corrected chi connectivity index (χ0v) is 20.0. The zero-order valence-electron chi connectivity index (χ0n) is 20.0. The summed E-state index contributed by atoms with van der Waals surface area (Å²) in [6.45, 7) is 2.16. The van der Waals surface area contributed by atoms with Crippen molar-refractivity contribution in [3.05, 3.63) is 59.7 Å². The van der Waals surface area contributed by atoms with Crippen LogP contribution in [0.2, 0.25) is 0 Å². The molecule has 0 radical (unpaired) electrons. The van der Waals surface area contributed by atoms with Crippen LogP contribution in [-0.2, 0) is 14.3 Å². The topological polar surface area (TPSA) is 95.9 Å². The number of piperidine rings is 1. The number of benzene rings is 2. The summed E-state index contributed by atoms with van der Waals surface area (Å²) in [4.78, 5) is 40.0. The van der Waals surface area contributed by atoms with E-state index >= 15 is 0 Å². The molecular formula is C28H32N2O5. The number of hydrogen-bond donors (Lipinski definition) is 2. The fraction of sp³-hybridized carbons (Fsp3) is 0.464. The molecule has 1 saturated heterocycles. The molecule has 2 amide bonds. The highest BCUT2D eigenvalue weighted by Crippen LogP contribution is 2.44. The molecule has 7 nitrogen and oxygen atoms in total.